The van der Waals surface area contributed by atoms with E-state index in [4.69, 9.17) is 0 Å². The lowest BCUT2D eigenvalue weighted by molar-refractivity contribution is -0.134. The van der Waals surface area contributed by atoms with Crippen LogP contribution in [0.4, 0.5) is 26.0 Å². The highest BCUT2D eigenvalue weighted by atomic mass is 19.1. The number of halogens is 2. The molecule has 12 nitrogen and oxygen atoms in total. The predicted octanol–water partition coefficient (Wildman–Crippen LogP) is 4.90. The van der Waals surface area contributed by atoms with Crippen molar-refractivity contribution in [2.45, 2.75) is 44.6 Å². The summed E-state index contributed by atoms with van der Waals surface area (Å²) in [6.45, 7) is 10.3. The van der Waals surface area contributed by atoms with Crippen LogP contribution in [0.15, 0.2) is 67.4 Å². The Bertz CT molecular complexity index is 2180. The highest BCUT2D eigenvalue weighted by Crippen LogP contribution is 2.42. The Balaban J connectivity index is 0.724. The van der Waals surface area contributed by atoms with Crippen molar-refractivity contribution in [1.82, 2.24) is 39.3 Å². The number of imide groups is 1. The van der Waals surface area contributed by atoms with Crippen molar-refractivity contribution < 1.29 is 18.4 Å². The molecule has 1 unspecified atom stereocenters. The normalized spacial score (nSPS) is 20.8. The van der Waals surface area contributed by atoms with Gasteiger partial charge in [0.2, 0.25) is 11.8 Å². The summed E-state index contributed by atoms with van der Waals surface area (Å²) in [6.07, 6.45) is 11.8. The summed E-state index contributed by atoms with van der Waals surface area (Å²) in [5.74, 6) is -1.32. The van der Waals surface area contributed by atoms with Crippen LogP contribution in [0.5, 0.6) is 0 Å². The fourth-order valence-corrected chi connectivity index (χ4v) is 8.62. The van der Waals surface area contributed by atoms with Crippen molar-refractivity contribution in [2.24, 2.45) is 5.41 Å². The van der Waals surface area contributed by atoms with Crippen LogP contribution in [0, 0.1) is 24.0 Å². The summed E-state index contributed by atoms with van der Waals surface area (Å²) in [6, 6.07) is 11.0. The number of carbonyl (C=O) groups is 2. The largest absolute Gasteiger partial charge is 0.370 e. The third-order valence-electron chi connectivity index (χ3n) is 11.6. The molecule has 4 aliphatic rings. The van der Waals surface area contributed by atoms with Gasteiger partial charge in [-0.2, -0.15) is 5.10 Å². The van der Waals surface area contributed by atoms with E-state index < -0.39 is 11.6 Å². The Morgan fingerprint density at radius 3 is 2.47 bits per heavy atom. The molecule has 1 spiro atoms. The molecular weight excluding hydrogens is 678 g/mol. The van der Waals surface area contributed by atoms with E-state index in [0.717, 1.165) is 82.5 Å². The number of aryl methyl sites for hydroxylation is 1. The minimum atomic E-state index is -0.650. The van der Waals surface area contributed by atoms with Crippen molar-refractivity contribution in [3.8, 4) is 11.3 Å². The number of piperidine rings is 2. The first-order valence-corrected chi connectivity index (χ1v) is 18.4. The Kier molecular flexibility index (Phi) is 8.45. The summed E-state index contributed by atoms with van der Waals surface area (Å²) in [4.78, 5) is 40.3. The van der Waals surface area contributed by atoms with Gasteiger partial charge in [0.1, 0.15) is 11.6 Å². The second kappa shape index (κ2) is 13.3. The fourth-order valence-electron chi connectivity index (χ4n) is 8.62. The number of anilines is 3. The SMILES string of the molecule is Cc1cc(-c2cnc(Nc3cnn(C4CCN(CCN5CC6(C5)CN(c5ccc(C7CCC(=O)NC7=O)cc5)C6)CC4)c3)c3nccn23)c(F)cc1F. The van der Waals surface area contributed by atoms with Crippen molar-refractivity contribution in [3.63, 3.8) is 0 Å². The molecule has 4 aliphatic heterocycles. The minimum absolute atomic E-state index is 0.180. The number of carbonyl (C=O) groups excluding carboxylic acids is 2. The van der Waals surface area contributed by atoms with E-state index in [1.807, 2.05) is 23.0 Å². The summed E-state index contributed by atoms with van der Waals surface area (Å²) in [7, 11) is 0. The van der Waals surface area contributed by atoms with Crippen molar-refractivity contribution >= 4 is 34.7 Å². The molecule has 0 saturated carbocycles. The molecule has 53 heavy (non-hydrogen) atoms. The van der Waals surface area contributed by atoms with Gasteiger partial charge in [-0.1, -0.05) is 12.1 Å². The minimum Gasteiger partial charge on any atom is -0.370 e. The maximum Gasteiger partial charge on any atom is 0.234 e. The first kappa shape index (κ1) is 33.6. The van der Waals surface area contributed by atoms with Gasteiger partial charge in [0.05, 0.1) is 35.7 Å². The number of rotatable bonds is 9. The molecule has 4 fully saturated rings. The van der Waals surface area contributed by atoms with Gasteiger partial charge >= 0.3 is 0 Å². The molecular formula is C39H42F2N10O2. The number of aromatic nitrogens is 5. The molecule has 2 amide bonds. The molecule has 0 aliphatic carbocycles. The van der Waals surface area contributed by atoms with Gasteiger partial charge in [-0.05, 0) is 55.5 Å². The quantitative estimate of drug-likeness (QED) is 0.205. The zero-order valence-electron chi connectivity index (χ0n) is 29.6. The average molecular weight is 721 g/mol. The average Bonchev–Trinajstić information content (AvgIpc) is 3.80. The number of imidazole rings is 1. The van der Waals surface area contributed by atoms with E-state index in [-0.39, 0.29) is 23.3 Å². The number of nitrogens with one attached hydrogen (secondary N) is 2. The second-order valence-electron chi connectivity index (χ2n) is 15.3. The van der Waals surface area contributed by atoms with Crippen LogP contribution in [0.25, 0.3) is 16.9 Å². The molecule has 3 aromatic heterocycles. The van der Waals surface area contributed by atoms with Crippen LogP contribution in [-0.2, 0) is 9.59 Å². The first-order valence-electron chi connectivity index (χ1n) is 18.4. The van der Waals surface area contributed by atoms with E-state index in [0.29, 0.717) is 47.0 Å². The lowest BCUT2D eigenvalue weighted by atomic mass is 9.72. The Hall–Kier alpha value is -5.21. The van der Waals surface area contributed by atoms with E-state index in [1.165, 1.54) is 11.8 Å². The molecule has 2 aromatic carbocycles. The monoisotopic (exact) mass is 720 g/mol. The number of amides is 2. The maximum absolute atomic E-state index is 14.7. The van der Waals surface area contributed by atoms with Crippen molar-refractivity contribution in [3.05, 3.63) is 90.1 Å². The Morgan fingerprint density at radius 2 is 1.70 bits per heavy atom. The molecule has 9 rings (SSSR count). The molecule has 2 N–H and O–H groups in total. The zero-order chi connectivity index (χ0) is 36.3. The summed E-state index contributed by atoms with van der Waals surface area (Å²) in [5.41, 5.74) is 5.01. The number of hydrogen-bond acceptors (Lipinski definition) is 9. The van der Waals surface area contributed by atoms with Gasteiger partial charge in [-0.25, -0.2) is 18.7 Å². The first-order chi connectivity index (χ1) is 25.7. The van der Waals surface area contributed by atoms with Crippen molar-refractivity contribution in [2.75, 3.05) is 62.6 Å². The van der Waals surface area contributed by atoms with E-state index in [9.17, 15) is 18.4 Å². The number of hydrogen-bond donors (Lipinski definition) is 2. The smallest absolute Gasteiger partial charge is 0.234 e. The lowest BCUT2D eigenvalue weighted by Gasteiger charge is -2.61. The highest BCUT2D eigenvalue weighted by molar-refractivity contribution is 6.01. The van der Waals surface area contributed by atoms with Gasteiger partial charge in [0, 0.05) is 100 Å². The third kappa shape index (κ3) is 6.43. The summed E-state index contributed by atoms with van der Waals surface area (Å²) < 4.78 is 32.4. The van der Waals surface area contributed by atoms with Crippen molar-refractivity contribution in [1.29, 1.82) is 0 Å². The van der Waals surface area contributed by atoms with E-state index in [2.05, 4.69) is 52.5 Å². The molecule has 1 atom stereocenters. The molecule has 5 aromatic rings. The molecule has 7 heterocycles. The van der Waals surface area contributed by atoms with Gasteiger partial charge in [0.15, 0.2) is 11.5 Å². The number of benzene rings is 2. The topological polar surface area (TPSA) is 116 Å². The van der Waals surface area contributed by atoms with Gasteiger partial charge in [0.25, 0.3) is 0 Å². The van der Waals surface area contributed by atoms with Crippen LogP contribution in [0.3, 0.4) is 0 Å². The predicted molar refractivity (Wildman–Crippen MR) is 196 cm³/mol. The van der Waals surface area contributed by atoms with Gasteiger partial charge in [-0.15, -0.1) is 0 Å². The molecule has 14 heteroatoms. The van der Waals surface area contributed by atoms with Gasteiger partial charge in [-0.3, -0.25) is 24.0 Å². The van der Waals surface area contributed by atoms with Crippen LogP contribution in [0.1, 0.15) is 48.8 Å². The van der Waals surface area contributed by atoms with Gasteiger partial charge < -0.3 is 20.0 Å². The summed E-state index contributed by atoms with van der Waals surface area (Å²) in [5, 5.41) is 10.5. The molecule has 274 valence electrons. The Labute approximate surface area is 305 Å². The van der Waals surface area contributed by atoms with Crippen LogP contribution in [0.2, 0.25) is 0 Å². The van der Waals surface area contributed by atoms with E-state index in [1.54, 1.807) is 36.1 Å². The highest BCUT2D eigenvalue weighted by Gasteiger charge is 2.51. The molecule has 0 bridgehead atoms. The lowest BCUT2D eigenvalue weighted by Crippen LogP contribution is -2.72. The number of likely N-dealkylation sites (tertiary alicyclic amines) is 2. The number of nitrogens with zero attached hydrogens (tertiary/aromatic N) is 8. The van der Waals surface area contributed by atoms with Crippen LogP contribution in [-0.4, -0.2) is 98.1 Å². The standard InChI is InChI=1S/C39H42F2N10O2/c1-25-16-31(33(41)17-32(25)40)34-19-43-36(37-42-10-13-50(34)37)45-27-18-44-51(20-27)29-8-11-47(12-9-29)14-15-48-21-39(22-48)23-49(24-39)28-4-2-26(3-5-28)30-6-7-35(52)46-38(30)53/h2-5,10,13,16-20,29-30H,6-9,11-12,14-15,21-24H2,1H3,(H,43,45)(H,46,52,53). The van der Waals surface area contributed by atoms with Crippen LogP contribution >= 0.6 is 0 Å². The summed E-state index contributed by atoms with van der Waals surface area (Å²) >= 11 is 0. The maximum atomic E-state index is 14.7. The fraction of sp³-hybridized carbons (Fsp3) is 0.410. The molecule has 0 radical (unpaired) electrons. The third-order valence-corrected chi connectivity index (χ3v) is 11.6. The Morgan fingerprint density at radius 1 is 0.925 bits per heavy atom. The zero-order valence-corrected chi connectivity index (χ0v) is 29.6. The second-order valence-corrected chi connectivity index (χ2v) is 15.3. The van der Waals surface area contributed by atoms with E-state index >= 15 is 0 Å². The number of fused-ring (bicyclic) bond motifs is 1. The molecule has 4 saturated heterocycles. The van der Waals surface area contributed by atoms with Crippen LogP contribution < -0.4 is 15.5 Å².